The number of aromatic nitrogens is 4. The van der Waals surface area contributed by atoms with Gasteiger partial charge in [0.25, 0.3) is 0 Å². The quantitative estimate of drug-likeness (QED) is 0.691. The Balaban J connectivity index is 1.52. The molecule has 4 rings (SSSR count). The van der Waals surface area contributed by atoms with E-state index in [0.717, 1.165) is 42.8 Å². The van der Waals surface area contributed by atoms with Gasteiger partial charge in [-0.15, -0.1) is 0 Å². The lowest BCUT2D eigenvalue weighted by Crippen LogP contribution is -2.50. The molecule has 3 N–H and O–H groups in total. The number of benzene rings is 1. The van der Waals surface area contributed by atoms with Crippen LogP contribution in [0.4, 0.5) is 11.6 Å². The first-order valence-corrected chi connectivity index (χ1v) is 10.2. The zero-order valence-electron chi connectivity index (χ0n) is 16.9. The molecule has 1 fully saturated rings. The third kappa shape index (κ3) is 3.74. The van der Waals surface area contributed by atoms with Crippen molar-refractivity contribution in [3.63, 3.8) is 0 Å². The molecule has 1 amide bonds. The number of hydrogen-bond acceptors (Lipinski definition) is 6. The zero-order chi connectivity index (χ0) is 20.4. The van der Waals surface area contributed by atoms with Crippen LogP contribution in [0.3, 0.4) is 0 Å². The van der Waals surface area contributed by atoms with Crippen molar-refractivity contribution in [2.45, 2.75) is 26.7 Å². The number of carbonyl (C=O) groups is 1. The van der Waals surface area contributed by atoms with Crippen molar-refractivity contribution >= 4 is 28.6 Å². The molecule has 152 valence electrons. The number of para-hydroxylation sites is 2. The molecule has 0 bridgehead atoms. The Labute approximate surface area is 170 Å². The first-order valence-electron chi connectivity index (χ1n) is 10.2. The van der Waals surface area contributed by atoms with E-state index in [1.807, 2.05) is 29.2 Å². The second kappa shape index (κ2) is 8.06. The lowest BCUT2D eigenvalue weighted by molar-refractivity contribution is -0.136. The summed E-state index contributed by atoms with van der Waals surface area (Å²) in [6.45, 7) is 6.99. The fraction of sp³-hybridized carbons (Fsp3) is 0.429. The number of hydrogen-bond donors (Lipinski definition) is 2. The molecule has 1 aliphatic heterocycles. The first-order chi connectivity index (χ1) is 14.1. The Morgan fingerprint density at radius 3 is 2.55 bits per heavy atom. The molecule has 0 unspecified atom stereocenters. The van der Waals surface area contributed by atoms with Crippen molar-refractivity contribution < 1.29 is 4.79 Å². The molecule has 0 saturated carbocycles. The predicted molar refractivity (Wildman–Crippen MR) is 114 cm³/mol. The van der Waals surface area contributed by atoms with Crippen molar-refractivity contribution in [2.24, 2.45) is 5.92 Å². The molecule has 1 aliphatic rings. The average Bonchev–Trinajstić information content (AvgIpc) is 3.19. The summed E-state index contributed by atoms with van der Waals surface area (Å²) in [4.78, 5) is 33.7. The van der Waals surface area contributed by atoms with Gasteiger partial charge in [0.15, 0.2) is 17.3 Å². The number of H-pyrrole nitrogens is 1. The first kappa shape index (κ1) is 19.2. The fourth-order valence-corrected chi connectivity index (χ4v) is 3.83. The number of piperazine rings is 1. The molecule has 3 aromatic rings. The minimum atomic E-state index is 0.123. The summed E-state index contributed by atoms with van der Waals surface area (Å²) in [5, 5.41) is 0. The van der Waals surface area contributed by atoms with Crippen molar-refractivity contribution in [1.29, 1.82) is 0 Å². The SMILES string of the molecule is CCC(CC)C(=O)N1CCN(c2cnc(N)c(-c3nc4ccccc4[nH]3)n2)CC1. The fourth-order valence-electron chi connectivity index (χ4n) is 3.83. The van der Waals surface area contributed by atoms with Gasteiger partial charge < -0.3 is 20.5 Å². The summed E-state index contributed by atoms with van der Waals surface area (Å²) < 4.78 is 0. The van der Waals surface area contributed by atoms with Crippen LogP contribution in [0.15, 0.2) is 30.5 Å². The number of nitrogens with two attached hydrogens (primary N) is 1. The number of rotatable bonds is 5. The van der Waals surface area contributed by atoms with Crippen LogP contribution in [0.1, 0.15) is 26.7 Å². The van der Waals surface area contributed by atoms with E-state index in [0.29, 0.717) is 30.4 Å². The smallest absolute Gasteiger partial charge is 0.225 e. The highest BCUT2D eigenvalue weighted by Gasteiger charge is 2.26. The number of nitrogen functional groups attached to an aromatic ring is 1. The van der Waals surface area contributed by atoms with Crippen LogP contribution < -0.4 is 10.6 Å². The maximum absolute atomic E-state index is 12.6. The minimum Gasteiger partial charge on any atom is -0.382 e. The largest absolute Gasteiger partial charge is 0.382 e. The number of carbonyl (C=O) groups excluding carboxylic acids is 1. The van der Waals surface area contributed by atoms with Crippen molar-refractivity contribution in [1.82, 2.24) is 24.8 Å². The number of imidazole rings is 1. The van der Waals surface area contributed by atoms with Crippen LogP contribution in [0.2, 0.25) is 0 Å². The van der Waals surface area contributed by atoms with Gasteiger partial charge in [0.05, 0.1) is 17.2 Å². The van der Waals surface area contributed by atoms with E-state index in [-0.39, 0.29) is 11.8 Å². The minimum absolute atomic E-state index is 0.123. The van der Waals surface area contributed by atoms with Gasteiger partial charge >= 0.3 is 0 Å². The van der Waals surface area contributed by atoms with Crippen LogP contribution in [0.25, 0.3) is 22.6 Å². The van der Waals surface area contributed by atoms with Crippen LogP contribution in [0, 0.1) is 5.92 Å². The van der Waals surface area contributed by atoms with Crippen LogP contribution in [-0.4, -0.2) is 56.9 Å². The number of anilines is 2. The molecule has 0 atom stereocenters. The van der Waals surface area contributed by atoms with E-state index in [1.165, 1.54) is 0 Å². The van der Waals surface area contributed by atoms with Crippen molar-refractivity contribution in [2.75, 3.05) is 36.8 Å². The van der Waals surface area contributed by atoms with Gasteiger partial charge in [-0.1, -0.05) is 26.0 Å². The number of nitrogens with zero attached hydrogens (tertiary/aromatic N) is 5. The summed E-state index contributed by atoms with van der Waals surface area (Å²) in [5.41, 5.74) is 8.44. The van der Waals surface area contributed by atoms with Crippen molar-refractivity contribution in [3.05, 3.63) is 30.5 Å². The highest BCUT2D eigenvalue weighted by atomic mass is 16.2. The second-order valence-electron chi connectivity index (χ2n) is 7.39. The maximum atomic E-state index is 12.6. The van der Waals surface area contributed by atoms with E-state index in [9.17, 15) is 4.79 Å². The van der Waals surface area contributed by atoms with E-state index in [4.69, 9.17) is 10.7 Å². The number of nitrogens with one attached hydrogen (secondary N) is 1. The van der Waals surface area contributed by atoms with Gasteiger partial charge in [0.1, 0.15) is 5.82 Å². The van der Waals surface area contributed by atoms with Crippen LogP contribution in [-0.2, 0) is 4.79 Å². The molecule has 0 aliphatic carbocycles. The van der Waals surface area contributed by atoms with Crippen LogP contribution in [0.5, 0.6) is 0 Å². The molecular formula is C21H27N7O. The van der Waals surface area contributed by atoms with Gasteiger partial charge in [0.2, 0.25) is 5.91 Å². The highest BCUT2D eigenvalue weighted by Crippen LogP contribution is 2.25. The normalized spacial score (nSPS) is 14.7. The summed E-state index contributed by atoms with van der Waals surface area (Å²) >= 11 is 0. The summed E-state index contributed by atoms with van der Waals surface area (Å²) in [7, 11) is 0. The van der Waals surface area contributed by atoms with Crippen molar-refractivity contribution in [3.8, 4) is 11.5 Å². The van der Waals surface area contributed by atoms with Gasteiger partial charge in [-0.25, -0.2) is 15.0 Å². The molecule has 2 aromatic heterocycles. The number of amides is 1. The van der Waals surface area contributed by atoms with E-state index in [2.05, 4.69) is 33.7 Å². The monoisotopic (exact) mass is 393 g/mol. The Morgan fingerprint density at radius 1 is 1.14 bits per heavy atom. The second-order valence-corrected chi connectivity index (χ2v) is 7.39. The summed E-state index contributed by atoms with van der Waals surface area (Å²) in [5.74, 6) is 2.10. The Hall–Kier alpha value is -3.16. The molecule has 1 saturated heterocycles. The number of aromatic amines is 1. The zero-order valence-corrected chi connectivity index (χ0v) is 16.9. The van der Waals surface area contributed by atoms with E-state index >= 15 is 0 Å². The highest BCUT2D eigenvalue weighted by molar-refractivity contribution is 5.81. The van der Waals surface area contributed by atoms with Gasteiger partial charge in [-0.3, -0.25) is 4.79 Å². The van der Waals surface area contributed by atoms with Gasteiger partial charge in [-0.05, 0) is 25.0 Å². The van der Waals surface area contributed by atoms with E-state index in [1.54, 1.807) is 6.20 Å². The third-order valence-corrected chi connectivity index (χ3v) is 5.65. The average molecular weight is 393 g/mol. The van der Waals surface area contributed by atoms with E-state index < -0.39 is 0 Å². The van der Waals surface area contributed by atoms with Crippen LogP contribution >= 0.6 is 0 Å². The molecule has 8 heteroatoms. The van der Waals surface area contributed by atoms with Gasteiger partial charge in [-0.2, -0.15) is 0 Å². The summed E-state index contributed by atoms with van der Waals surface area (Å²) in [6.07, 6.45) is 3.47. The third-order valence-electron chi connectivity index (χ3n) is 5.65. The lowest BCUT2D eigenvalue weighted by Gasteiger charge is -2.36. The molecule has 0 radical (unpaired) electrons. The Bertz CT molecular complexity index is 970. The van der Waals surface area contributed by atoms with Gasteiger partial charge in [0, 0.05) is 32.1 Å². The molecule has 29 heavy (non-hydrogen) atoms. The molecule has 1 aromatic carbocycles. The predicted octanol–water partition coefficient (Wildman–Crippen LogP) is 2.69. The molecule has 8 nitrogen and oxygen atoms in total. The topological polar surface area (TPSA) is 104 Å². The molecule has 3 heterocycles. The standard InChI is InChI=1S/C21H27N7O/c1-3-14(4-2)21(29)28-11-9-27(10-12-28)17-13-23-19(22)18(26-17)20-24-15-7-5-6-8-16(15)25-20/h5-8,13-14H,3-4,9-12H2,1-2H3,(H2,22,23)(H,24,25). The Kier molecular flexibility index (Phi) is 5.33. The number of fused-ring (bicyclic) bond motifs is 1. The molecular weight excluding hydrogens is 366 g/mol. The lowest BCUT2D eigenvalue weighted by atomic mass is 10.0. The molecule has 0 spiro atoms. The summed E-state index contributed by atoms with van der Waals surface area (Å²) in [6, 6.07) is 7.81. The Morgan fingerprint density at radius 2 is 1.86 bits per heavy atom. The maximum Gasteiger partial charge on any atom is 0.225 e.